The first-order chi connectivity index (χ1) is 16.5. The van der Waals surface area contributed by atoms with Gasteiger partial charge in [-0.05, 0) is 69.2 Å². The van der Waals surface area contributed by atoms with Gasteiger partial charge in [-0.1, -0.05) is 11.6 Å². The van der Waals surface area contributed by atoms with Crippen molar-refractivity contribution >= 4 is 16.8 Å². The Morgan fingerprint density at radius 3 is 2.74 bits per heavy atom. The highest BCUT2D eigenvalue weighted by Crippen LogP contribution is 2.29. The molecule has 1 unspecified atom stereocenters. The van der Waals surface area contributed by atoms with Crippen molar-refractivity contribution < 1.29 is 14.3 Å². The molecule has 7 nitrogen and oxygen atoms in total. The fourth-order valence-electron chi connectivity index (χ4n) is 4.42. The number of rotatable bonds is 6. The smallest absolute Gasteiger partial charge is 0.252 e. The Morgan fingerprint density at radius 1 is 1.18 bits per heavy atom. The molecule has 0 spiro atoms. The lowest BCUT2D eigenvalue weighted by molar-refractivity contribution is 0.0859. The second-order valence-corrected chi connectivity index (χ2v) is 8.67. The summed E-state index contributed by atoms with van der Waals surface area (Å²) in [5.74, 6) is 0.675. The molecular weight excluding hydrogens is 428 g/mol. The largest absolute Gasteiger partial charge is 0.497 e. The zero-order valence-corrected chi connectivity index (χ0v) is 19.7. The Labute approximate surface area is 198 Å². The average Bonchev–Trinajstić information content (AvgIpc) is 3.52. The van der Waals surface area contributed by atoms with Gasteiger partial charge in [0.2, 0.25) is 0 Å². The maximum atomic E-state index is 13.3. The predicted molar refractivity (Wildman–Crippen MR) is 132 cm³/mol. The van der Waals surface area contributed by atoms with Crippen LogP contribution in [0.25, 0.3) is 27.8 Å². The normalized spacial score (nSPS) is 15.6. The maximum absolute atomic E-state index is 13.3. The predicted octanol–water partition coefficient (Wildman–Crippen LogP) is 4.62. The molecule has 1 aliphatic heterocycles. The highest BCUT2D eigenvalue weighted by atomic mass is 16.5. The lowest BCUT2D eigenvalue weighted by atomic mass is 10.0. The molecule has 7 heteroatoms. The number of methoxy groups -OCH3 is 1. The van der Waals surface area contributed by atoms with E-state index in [1.165, 1.54) is 0 Å². The number of nitrogens with one attached hydrogen (secondary N) is 1. The van der Waals surface area contributed by atoms with Crippen LogP contribution in [0.4, 0.5) is 0 Å². The van der Waals surface area contributed by atoms with E-state index >= 15 is 0 Å². The number of amides is 1. The van der Waals surface area contributed by atoms with Crippen LogP contribution in [0.15, 0.2) is 54.7 Å². The molecule has 1 atom stereocenters. The van der Waals surface area contributed by atoms with Crippen molar-refractivity contribution in [3.8, 4) is 22.7 Å². The van der Waals surface area contributed by atoms with E-state index in [9.17, 15) is 4.79 Å². The fraction of sp³-hybridized carbons (Fsp3) is 0.296. The molecule has 1 N–H and O–H groups in total. The van der Waals surface area contributed by atoms with Gasteiger partial charge in [0.15, 0.2) is 0 Å². The number of hydrogen-bond donors (Lipinski definition) is 1. The molecule has 1 aliphatic rings. The van der Waals surface area contributed by atoms with Crippen molar-refractivity contribution in [2.45, 2.75) is 32.8 Å². The first kappa shape index (κ1) is 22.1. The van der Waals surface area contributed by atoms with Gasteiger partial charge in [-0.25, -0.2) is 9.67 Å². The minimum atomic E-state index is -0.116. The van der Waals surface area contributed by atoms with E-state index in [1.807, 2.05) is 67.1 Å². The highest BCUT2D eigenvalue weighted by molar-refractivity contribution is 6.07. The van der Waals surface area contributed by atoms with Gasteiger partial charge in [0.25, 0.3) is 5.91 Å². The van der Waals surface area contributed by atoms with Gasteiger partial charge >= 0.3 is 0 Å². The zero-order chi connectivity index (χ0) is 23.7. The summed E-state index contributed by atoms with van der Waals surface area (Å²) in [6.07, 6.45) is 3.91. The standard InChI is InChI=1S/C27H28N4O3/c1-17-6-11-25-22(13-17)23(27(32)28-15-21-5-4-12-34-21)14-26(30-25)24-16-29-31(18(24)2)19-7-9-20(33-3)10-8-19/h6-11,13-14,16,21H,4-5,12,15H2,1-3H3,(H,28,32). The molecule has 5 rings (SSSR count). The van der Waals surface area contributed by atoms with E-state index in [0.29, 0.717) is 12.1 Å². The quantitative estimate of drug-likeness (QED) is 0.458. The molecule has 2 aromatic carbocycles. The van der Waals surface area contributed by atoms with Gasteiger partial charge in [-0.15, -0.1) is 0 Å². The Kier molecular flexibility index (Phi) is 6.02. The molecule has 34 heavy (non-hydrogen) atoms. The van der Waals surface area contributed by atoms with Crippen molar-refractivity contribution in [1.29, 1.82) is 0 Å². The first-order valence-electron chi connectivity index (χ1n) is 11.5. The number of pyridine rings is 1. The van der Waals surface area contributed by atoms with Gasteiger partial charge in [-0.3, -0.25) is 4.79 Å². The molecular formula is C27H28N4O3. The molecule has 1 amide bonds. The van der Waals surface area contributed by atoms with Crippen LogP contribution in [0, 0.1) is 13.8 Å². The number of carbonyl (C=O) groups is 1. The van der Waals surface area contributed by atoms with Crippen LogP contribution in [0.3, 0.4) is 0 Å². The molecule has 4 aromatic rings. The van der Waals surface area contributed by atoms with E-state index < -0.39 is 0 Å². The molecule has 2 aromatic heterocycles. The Morgan fingerprint density at radius 2 is 2.00 bits per heavy atom. The summed E-state index contributed by atoms with van der Waals surface area (Å²) in [5.41, 5.74) is 5.94. The summed E-state index contributed by atoms with van der Waals surface area (Å²) in [7, 11) is 1.65. The van der Waals surface area contributed by atoms with E-state index in [1.54, 1.807) is 13.3 Å². The number of aromatic nitrogens is 3. The van der Waals surface area contributed by atoms with E-state index in [-0.39, 0.29) is 12.0 Å². The summed E-state index contributed by atoms with van der Waals surface area (Å²) < 4.78 is 12.8. The lowest BCUT2D eigenvalue weighted by Crippen LogP contribution is -2.32. The SMILES string of the molecule is COc1ccc(-n2ncc(-c3cc(C(=O)NCC4CCCO4)c4cc(C)ccc4n3)c2C)cc1. The Bertz CT molecular complexity index is 1340. The summed E-state index contributed by atoms with van der Waals surface area (Å²) in [5, 5.41) is 8.50. The van der Waals surface area contributed by atoms with Gasteiger partial charge in [0.05, 0.1) is 47.6 Å². The number of benzene rings is 2. The van der Waals surface area contributed by atoms with Gasteiger partial charge < -0.3 is 14.8 Å². The molecule has 0 saturated carbocycles. The van der Waals surface area contributed by atoms with Crippen molar-refractivity contribution in [2.24, 2.45) is 0 Å². The van der Waals surface area contributed by atoms with Gasteiger partial charge in [-0.2, -0.15) is 5.10 Å². The van der Waals surface area contributed by atoms with Crippen LogP contribution in [-0.2, 0) is 4.74 Å². The summed E-state index contributed by atoms with van der Waals surface area (Å²) >= 11 is 0. The average molecular weight is 457 g/mol. The molecule has 0 aliphatic carbocycles. The van der Waals surface area contributed by atoms with Crippen LogP contribution < -0.4 is 10.1 Å². The van der Waals surface area contributed by atoms with Crippen LogP contribution >= 0.6 is 0 Å². The van der Waals surface area contributed by atoms with E-state index in [0.717, 1.165) is 64.3 Å². The summed E-state index contributed by atoms with van der Waals surface area (Å²) in [6, 6.07) is 15.6. The van der Waals surface area contributed by atoms with Crippen LogP contribution in [0.5, 0.6) is 5.75 Å². The number of carbonyl (C=O) groups excluding carboxylic acids is 1. The second kappa shape index (κ2) is 9.27. The third kappa shape index (κ3) is 4.26. The monoisotopic (exact) mass is 456 g/mol. The number of hydrogen-bond acceptors (Lipinski definition) is 5. The fourth-order valence-corrected chi connectivity index (χ4v) is 4.42. The Hall–Kier alpha value is -3.71. The van der Waals surface area contributed by atoms with E-state index in [4.69, 9.17) is 14.5 Å². The van der Waals surface area contributed by atoms with Crippen molar-refractivity contribution in [2.75, 3.05) is 20.3 Å². The third-order valence-corrected chi connectivity index (χ3v) is 6.33. The lowest BCUT2D eigenvalue weighted by Gasteiger charge is -2.14. The topological polar surface area (TPSA) is 78.3 Å². The number of nitrogens with zero attached hydrogens (tertiary/aromatic N) is 3. The molecule has 0 bridgehead atoms. The summed E-state index contributed by atoms with van der Waals surface area (Å²) in [4.78, 5) is 18.1. The third-order valence-electron chi connectivity index (χ3n) is 6.33. The minimum absolute atomic E-state index is 0.0863. The van der Waals surface area contributed by atoms with Gasteiger partial charge in [0, 0.05) is 24.1 Å². The van der Waals surface area contributed by atoms with Gasteiger partial charge in [0.1, 0.15) is 5.75 Å². The van der Waals surface area contributed by atoms with Crippen molar-refractivity contribution in [1.82, 2.24) is 20.1 Å². The molecule has 1 fully saturated rings. The highest BCUT2D eigenvalue weighted by Gasteiger charge is 2.20. The molecule has 3 heterocycles. The minimum Gasteiger partial charge on any atom is -0.497 e. The number of aryl methyl sites for hydroxylation is 1. The van der Waals surface area contributed by atoms with Crippen LogP contribution in [0.1, 0.15) is 34.5 Å². The Balaban J connectivity index is 1.53. The molecule has 174 valence electrons. The number of ether oxygens (including phenoxy) is 2. The van der Waals surface area contributed by atoms with Crippen LogP contribution in [0.2, 0.25) is 0 Å². The maximum Gasteiger partial charge on any atom is 0.252 e. The first-order valence-corrected chi connectivity index (χ1v) is 11.5. The number of fused-ring (bicyclic) bond motifs is 1. The zero-order valence-electron chi connectivity index (χ0n) is 19.7. The summed E-state index contributed by atoms with van der Waals surface area (Å²) in [6.45, 7) is 5.30. The van der Waals surface area contributed by atoms with E-state index in [2.05, 4.69) is 10.4 Å². The molecule has 1 saturated heterocycles. The van der Waals surface area contributed by atoms with Crippen molar-refractivity contribution in [3.05, 3.63) is 71.5 Å². The second-order valence-electron chi connectivity index (χ2n) is 8.67. The molecule has 0 radical (unpaired) electrons. The van der Waals surface area contributed by atoms with Crippen molar-refractivity contribution in [3.63, 3.8) is 0 Å². The van der Waals surface area contributed by atoms with Crippen LogP contribution in [-0.4, -0.2) is 47.0 Å².